The Hall–Kier alpha value is -0.620. The monoisotopic (exact) mass is 384 g/mol. The number of hydrogen-bond donors (Lipinski definition) is 1. The van der Waals surface area contributed by atoms with Crippen LogP contribution in [0.25, 0.3) is 0 Å². The molecule has 1 spiro atoms. The number of likely N-dealkylation sites (tertiary alicyclic amines) is 1. The Morgan fingerprint density at radius 1 is 1.30 bits per heavy atom. The molecule has 3 nitrogen and oxygen atoms in total. The van der Waals surface area contributed by atoms with Gasteiger partial charge in [0.05, 0.1) is 5.56 Å². The molecule has 0 unspecified atom stereocenters. The maximum atomic E-state index is 12.7. The van der Waals surface area contributed by atoms with Gasteiger partial charge in [0.1, 0.15) is 0 Å². The molecular weight excluding hydrogens is 363 g/mol. The molecule has 3 rings (SSSR count). The van der Waals surface area contributed by atoms with Crippen LogP contribution in [0.3, 0.4) is 0 Å². The van der Waals surface area contributed by atoms with Crippen LogP contribution >= 0.6 is 22.6 Å². The second-order valence-corrected chi connectivity index (χ2v) is 7.23. The highest BCUT2D eigenvalue weighted by molar-refractivity contribution is 14.1. The molecular formula is C16H21IN2O. The SMILES string of the molecule is Cc1cccc(C(=O)N2CCC3(CCNC3)CC2)c1I. The number of carbonyl (C=O) groups excluding carboxylic acids is 1. The fourth-order valence-corrected chi connectivity index (χ4v) is 3.98. The zero-order valence-electron chi connectivity index (χ0n) is 11.9. The van der Waals surface area contributed by atoms with Crippen molar-refractivity contribution in [3.05, 3.63) is 32.9 Å². The number of carbonyl (C=O) groups is 1. The van der Waals surface area contributed by atoms with E-state index in [1.807, 2.05) is 17.0 Å². The molecule has 20 heavy (non-hydrogen) atoms. The van der Waals surface area contributed by atoms with E-state index in [4.69, 9.17) is 0 Å². The molecule has 1 N–H and O–H groups in total. The smallest absolute Gasteiger partial charge is 0.254 e. The molecule has 0 radical (unpaired) electrons. The normalized spacial score (nSPS) is 21.4. The number of benzene rings is 1. The number of piperidine rings is 1. The minimum atomic E-state index is 0.207. The summed E-state index contributed by atoms with van der Waals surface area (Å²) in [7, 11) is 0. The molecule has 2 fully saturated rings. The minimum Gasteiger partial charge on any atom is -0.339 e. The number of rotatable bonds is 1. The molecule has 1 amide bonds. The second kappa shape index (κ2) is 5.64. The fraction of sp³-hybridized carbons (Fsp3) is 0.562. The van der Waals surface area contributed by atoms with Crippen LogP contribution in [0.5, 0.6) is 0 Å². The predicted molar refractivity (Wildman–Crippen MR) is 89.0 cm³/mol. The number of hydrogen-bond acceptors (Lipinski definition) is 2. The van der Waals surface area contributed by atoms with Crippen molar-refractivity contribution in [2.45, 2.75) is 26.2 Å². The van der Waals surface area contributed by atoms with Gasteiger partial charge in [-0.25, -0.2) is 0 Å². The van der Waals surface area contributed by atoms with Crippen molar-refractivity contribution in [2.24, 2.45) is 5.41 Å². The van der Waals surface area contributed by atoms with Crippen molar-refractivity contribution in [3.63, 3.8) is 0 Å². The molecule has 0 aliphatic carbocycles. The van der Waals surface area contributed by atoms with Crippen LogP contribution in [0.15, 0.2) is 18.2 Å². The number of amides is 1. The topological polar surface area (TPSA) is 32.3 Å². The van der Waals surface area contributed by atoms with E-state index in [1.165, 1.54) is 12.0 Å². The minimum absolute atomic E-state index is 0.207. The highest BCUT2D eigenvalue weighted by Crippen LogP contribution is 2.37. The van der Waals surface area contributed by atoms with Crippen LogP contribution in [-0.2, 0) is 0 Å². The lowest BCUT2D eigenvalue weighted by Crippen LogP contribution is -2.44. The summed E-state index contributed by atoms with van der Waals surface area (Å²) in [5, 5.41) is 3.47. The highest BCUT2D eigenvalue weighted by atomic mass is 127. The number of aryl methyl sites for hydroxylation is 1. The summed E-state index contributed by atoms with van der Waals surface area (Å²) in [4.78, 5) is 14.7. The molecule has 0 saturated carbocycles. The third kappa shape index (κ3) is 2.60. The van der Waals surface area contributed by atoms with Gasteiger partial charge in [-0.15, -0.1) is 0 Å². The van der Waals surface area contributed by atoms with Gasteiger partial charge in [0.25, 0.3) is 5.91 Å². The van der Waals surface area contributed by atoms with Crippen molar-refractivity contribution in [2.75, 3.05) is 26.2 Å². The standard InChI is InChI=1S/C16H21IN2O/c1-12-3-2-4-13(14(12)17)15(20)19-9-6-16(7-10-19)5-8-18-11-16/h2-4,18H,5-11H2,1H3. The first kappa shape index (κ1) is 14.3. The van der Waals surface area contributed by atoms with E-state index in [0.717, 1.165) is 48.2 Å². The Morgan fingerprint density at radius 2 is 2.05 bits per heavy atom. The largest absolute Gasteiger partial charge is 0.339 e. The van der Waals surface area contributed by atoms with Gasteiger partial charge < -0.3 is 10.2 Å². The van der Waals surface area contributed by atoms with E-state index in [2.05, 4.69) is 40.9 Å². The fourth-order valence-electron chi connectivity index (χ4n) is 3.39. The van der Waals surface area contributed by atoms with Crippen LogP contribution in [0, 0.1) is 15.9 Å². The molecule has 1 aromatic carbocycles. The van der Waals surface area contributed by atoms with E-state index in [0.29, 0.717) is 5.41 Å². The number of nitrogens with one attached hydrogen (secondary N) is 1. The Balaban J connectivity index is 1.71. The van der Waals surface area contributed by atoms with Crippen LogP contribution in [0.1, 0.15) is 35.2 Å². The molecule has 0 atom stereocenters. The van der Waals surface area contributed by atoms with Crippen molar-refractivity contribution in [1.82, 2.24) is 10.2 Å². The molecule has 0 bridgehead atoms. The maximum absolute atomic E-state index is 12.7. The summed E-state index contributed by atoms with van der Waals surface area (Å²) in [5.74, 6) is 0.207. The quantitative estimate of drug-likeness (QED) is 0.756. The first-order valence-electron chi connectivity index (χ1n) is 7.36. The van der Waals surface area contributed by atoms with Gasteiger partial charge in [-0.05, 0) is 72.4 Å². The summed E-state index contributed by atoms with van der Waals surface area (Å²) in [5.41, 5.74) is 2.52. The maximum Gasteiger partial charge on any atom is 0.254 e. The van der Waals surface area contributed by atoms with Gasteiger partial charge in [0.2, 0.25) is 0 Å². The van der Waals surface area contributed by atoms with Gasteiger partial charge in [-0.3, -0.25) is 4.79 Å². The van der Waals surface area contributed by atoms with Crippen LogP contribution < -0.4 is 5.32 Å². The van der Waals surface area contributed by atoms with Gasteiger partial charge in [0, 0.05) is 23.2 Å². The van der Waals surface area contributed by atoms with Crippen molar-refractivity contribution in [3.8, 4) is 0 Å². The van der Waals surface area contributed by atoms with Gasteiger partial charge in [-0.1, -0.05) is 12.1 Å². The van der Waals surface area contributed by atoms with Crippen LogP contribution in [0.4, 0.5) is 0 Å². The van der Waals surface area contributed by atoms with E-state index in [9.17, 15) is 4.79 Å². The van der Waals surface area contributed by atoms with Crippen molar-refractivity contribution in [1.29, 1.82) is 0 Å². The number of halogens is 1. The molecule has 1 aromatic rings. The van der Waals surface area contributed by atoms with Crippen LogP contribution in [0.2, 0.25) is 0 Å². The summed E-state index contributed by atoms with van der Waals surface area (Å²) < 4.78 is 1.10. The zero-order valence-corrected chi connectivity index (χ0v) is 14.1. The Kier molecular flexibility index (Phi) is 4.04. The van der Waals surface area contributed by atoms with E-state index in [-0.39, 0.29) is 5.91 Å². The number of nitrogens with zero attached hydrogens (tertiary/aromatic N) is 1. The van der Waals surface area contributed by atoms with E-state index in [1.54, 1.807) is 0 Å². The lowest BCUT2D eigenvalue weighted by atomic mass is 9.78. The van der Waals surface area contributed by atoms with Crippen molar-refractivity contribution >= 4 is 28.5 Å². The Labute approximate surface area is 134 Å². The molecule has 2 aliphatic heterocycles. The predicted octanol–water partition coefficient (Wildman–Crippen LogP) is 2.82. The summed E-state index contributed by atoms with van der Waals surface area (Å²) >= 11 is 2.29. The molecule has 4 heteroatoms. The summed E-state index contributed by atoms with van der Waals surface area (Å²) in [6.45, 7) is 6.16. The van der Waals surface area contributed by atoms with E-state index >= 15 is 0 Å². The first-order chi connectivity index (χ1) is 9.61. The average molecular weight is 384 g/mol. The highest BCUT2D eigenvalue weighted by Gasteiger charge is 2.38. The van der Waals surface area contributed by atoms with E-state index < -0.39 is 0 Å². The molecule has 2 heterocycles. The third-order valence-electron chi connectivity index (χ3n) is 4.87. The molecule has 108 valence electrons. The first-order valence-corrected chi connectivity index (χ1v) is 8.44. The Bertz CT molecular complexity index is 513. The summed E-state index contributed by atoms with van der Waals surface area (Å²) in [6, 6.07) is 6.00. The molecule has 2 saturated heterocycles. The zero-order chi connectivity index (χ0) is 14.2. The lowest BCUT2D eigenvalue weighted by Gasteiger charge is -2.39. The molecule has 0 aromatic heterocycles. The molecule has 2 aliphatic rings. The lowest BCUT2D eigenvalue weighted by molar-refractivity contribution is 0.0606. The van der Waals surface area contributed by atoms with Gasteiger partial charge >= 0.3 is 0 Å². The second-order valence-electron chi connectivity index (χ2n) is 6.16. The average Bonchev–Trinajstić information content (AvgIpc) is 2.90. The van der Waals surface area contributed by atoms with Gasteiger partial charge in [-0.2, -0.15) is 0 Å². The van der Waals surface area contributed by atoms with Crippen LogP contribution in [-0.4, -0.2) is 37.0 Å². The van der Waals surface area contributed by atoms with Crippen molar-refractivity contribution < 1.29 is 4.79 Å². The van der Waals surface area contributed by atoms with Gasteiger partial charge in [0.15, 0.2) is 0 Å². The Morgan fingerprint density at radius 3 is 2.70 bits per heavy atom. The third-order valence-corrected chi connectivity index (χ3v) is 6.30. The summed E-state index contributed by atoms with van der Waals surface area (Å²) in [6.07, 6.45) is 3.57.